The van der Waals surface area contributed by atoms with Crippen LogP contribution >= 0.6 is 11.6 Å². The highest BCUT2D eigenvalue weighted by molar-refractivity contribution is 6.17. The van der Waals surface area contributed by atoms with Crippen molar-refractivity contribution in [2.24, 2.45) is 0 Å². The van der Waals surface area contributed by atoms with Crippen LogP contribution in [0.5, 0.6) is 0 Å². The minimum absolute atomic E-state index is 0.211. The zero-order chi connectivity index (χ0) is 11.4. The molecule has 1 heterocycles. The second-order valence-electron chi connectivity index (χ2n) is 3.27. The molecule has 0 radical (unpaired) electrons. The van der Waals surface area contributed by atoms with E-state index in [0.717, 1.165) is 6.42 Å². The Kier molecular flexibility index (Phi) is 3.51. The molecule has 0 aliphatic rings. The Hall–Kier alpha value is -1.42. The molecule has 0 amide bonds. The van der Waals surface area contributed by atoms with Crippen LogP contribution in [-0.4, -0.2) is 16.1 Å². The number of halogens is 2. The van der Waals surface area contributed by atoms with Crippen LogP contribution < -0.4 is 0 Å². The zero-order valence-electron chi connectivity index (χ0n) is 8.49. The first kappa shape index (κ1) is 11.1. The molecule has 1 aromatic carbocycles. The molecular weight excluding hydrogens is 231 g/mol. The van der Waals surface area contributed by atoms with Crippen molar-refractivity contribution in [2.75, 3.05) is 5.88 Å². The highest BCUT2D eigenvalue weighted by Gasteiger charge is 2.11. The Labute approximate surface area is 97.3 Å². The quantitative estimate of drug-likeness (QED) is 0.771. The van der Waals surface area contributed by atoms with Gasteiger partial charge in [0.05, 0.1) is 5.56 Å². The molecule has 5 heteroatoms. The van der Waals surface area contributed by atoms with Crippen LogP contribution in [-0.2, 0) is 6.42 Å². The SMILES string of the molecule is Fc1ccccc1-c1nnc(CCCCl)o1. The highest BCUT2D eigenvalue weighted by atomic mass is 35.5. The predicted molar refractivity (Wildman–Crippen MR) is 58.7 cm³/mol. The summed E-state index contributed by atoms with van der Waals surface area (Å²) in [5.74, 6) is 0.869. The third kappa shape index (κ3) is 2.39. The summed E-state index contributed by atoms with van der Waals surface area (Å²) < 4.78 is 18.7. The number of aromatic nitrogens is 2. The van der Waals surface area contributed by atoms with Gasteiger partial charge >= 0.3 is 0 Å². The average molecular weight is 241 g/mol. The zero-order valence-corrected chi connectivity index (χ0v) is 9.25. The number of aryl methyl sites for hydroxylation is 1. The molecule has 3 nitrogen and oxygen atoms in total. The van der Waals surface area contributed by atoms with E-state index in [1.165, 1.54) is 6.07 Å². The molecule has 16 heavy (non-hydrogen) atoms. The molecular formula is C11H10ClFN2O. The van der Waals surface area contributed by atoms with Gasteiger partial charge in [-0.15, -0.1) is 21.8 Å². The fourth-order valence-corrected chi connectivity index (χ4v) is 1.45. The molecule has 2 rings (SSSR count). The van der Waals surface area contributed by atoms with Gasteiger partial charge in [0.25, 0.3) is 5.89 Å². The first-order valence-electron chi connectivity index (χ1n) is 4.94. The summed E-state index contributed by atoms with van der Waals surface area (Å²) in [4.78, 5) is 0. The molecule has 0 bridgehead atoms. The maximum atomic E-state index is 13.4. The molecule has 0 saturated carbocycles. The summed E-state index contributed by atoms with van der Waals surface area (Å²) in [5.41, 5.74) is 0.326. The van der Waals surface area contributed by atoms with Crippen molar-refractivity contribution in [1.29, 1.82) is 0 Å². The minimum Gasteiger partial charge on any atom is -0.421 e. The van der Waals surface area contributed by atoms with Crippen LogP contribution in [0.4, 0.5) is 4.39 Å². The van der Waals surface area contributed by atoms with Gasteiger partial charge in [-0.2, -0.15) is 0 Å². The minimum atomic E-state index is -0.366. The Morgan fingerprint density at radius 2 is 2.06 bits per heavy atom. The van der Waals surface area contributed by atoms with Crippen molar-refractivity contribution < 1.29 is 8.81 Å². The number of rotatable bonds is 4. The van der Waals surface area contributed by atoms with Crippen LogP contribution in [0.25, 0.3) is 11.5 Å². The van der Waals surface area contributed by atoms with Crippen molar-refractivity contribution in [1.82, 2.24) is 10.2 Å². The van der Waals surface area contributed by atoms with E-state index in [1.807, 2.05) is 0 Å². The van der Waals surface area contributed by atoms with E-state index in [2.05, 4.69) is 10.2 Å². The third-order valence-corrected chi connectivity index (χ3v) is 2.36. The molecule has 0 atom stereocenters. The monoisotopic (exact) mass is 240 g/mol. The van der Waals surface area contributed by atoms with E-state index in [1.54, 1.807) is 18.2 Å². The predicted octanol–water partition coefficient (Wildman–Crippen LogP) is 3.05. The molecule has 0 N–H and O–H groups in total. The fourth-order valence-electron chi connectivity index (χ4n) is 1.32. The Bertz CT molecular complexity index is 473. The first-order valence-corrected chi connectivity index (χ1v) is 5.48. The molecule has 1 aromatic heterocycles. The molecule has 0 spiro atoms. The Morgan fingerprint density at radius 3 is 2.81 bits per heavy atom. The highest BCUT2D eigenvalue weighted by Crippen LogP contribution is 2.21. The number of hydrogen-bond acceptors (Lipinski definition) is 3. The summed E-state index contributed by atoms with van der Waals surface area (Å²) in [6.45, 7) is 0. The summed E-state index contributed by atoms with van der Waals surface area (Å²) in [6, 6.07) is 6.30. The first-order chi connectivity index (χ1) is 7.81. The topological polar surface area (TPSA) is 38.9 Å². The van der Waals surface area contributed by atoms with E-state index in [9.17, 15) is 4.39 Å². The summed E-state index contributed by atoms with van der Waals surface area (Å²) >= 11 is 5.55. The average Bonchev–Trinajstić information content (AvgIpc) is 2.75. The number of benzene rings is 1. The number of alkyl halides is 1. The van der Waals surface area contributed by atoms with Crippen LogP contribution in [0, 0.1) is 5.82 Å². The Morgan fingerprint density at radius 1 is 1.25 bits per heavy atom. The van der Waals surface area contributed by atoms with E-state index in [-0.39, 0.29) is 11.7 Å². The van der Waals surface area contributed by atoms with Crippen molar-refractivity contribution in [3.63, 3.8) is 0 Å². The number of hydrogen-bond donors (Lipinski definition) is 0. The van der Waals surface area contributed by atoms with Crippen molar-refractivity contribution in [3.8, 4) is 11.5 Å². The second-order valence-corrected chi connectivity index (χ2v) is 3.65. The van der Waals surface area contributed by atoms with Crippen molar-refractivity contribution in [2.45, 2.75) is 12.8 Å². The van der Waals surface area contributed by atoms with Gasteiger partial charge in [0.1, 0.15) is 5.82 Å². The standard InChI is InChI=1S/C11H10ClFN2O/c12-7-3-6-10-14-15-11(16-10)8-4-1-2-5-9(8)13/h1-2,4-5H,3,6-7H2. The van der Waals surface area contributed by atoms with Crippen molar-refractivity contribution in [3.05, 3.63) is 36.0 Å². The normalized spacial score (nSPS) is 10.6. The van der Waals surface area contributed by atoms with Gasteiger partial charge in [0.2, 0.25) is 5.89 Å². The molecule has 0 aliphatic carbocycles. The van der Waals surface area contributed by atoms with Crippen LogP contribution in [0.15, 0.2) is 28.7 Å². The Balaban J connectivity index is 2.22. The van der Waals surface area contributed by atoms with E-state index in [4.69, 9.17) is 16.0 Å². The lowest BCUT2D eigenvalue weighted by atomic mass is 10.2. The molecule has 0 unspecified atom stereocenters. The largest absolute Gasteiger partial charge is 0.421 e. The lowest BCUT2D eigenvalue weighted by Gasteiger charge is -1.95. The van der Waals surface area contributed by atoms with Gasteiger partial charge in [0.15, 0.2) is 0 Å². The van der Waals surface area contributed by atoms with Gasteiger partial charge in [-0.1, -0.05) is 12.1 Å². The summed E-state index contributed by atoms with van der Waals surface area (Å²) in [7, 11) is 0. The van der Waals surface area contributed by atoms with Gasteiger partial charge in [-0.25, -0.2) is 4.39 Å². The van der Waals surface area contributed by atoms with Crippen molar-refractivity contribution >= 4 is 11.6 Å². The van der Waals surface area contributed by atoms with Gasteiger partial charge in [-0.05, 0) is 18.6 Å². The van der Waals surface area contributed by atoms with Gasteiger partial charge in [0, 0.05) is 12.3 Å². The lowest BCUT2D eigenvalue weighted by molar-refractivity contribution is 0.498. The molecule has 84 valence electrons. The van der Waals surface area contributed by atoms with Gasteiger partial charge in [-0.3, -0.25) is 0 Å². The smallest absolute Gasteiger partial charge is 0.250 e. The van der Waals surface area contributed by atoms with E-state index >= 15 is 0 Å². The van der Waals surface area contributed by atoms with Gasteiger partial charge < -0.3 is 4.42 Å². The molecule has 0 saturated heterocycles. The van der Waals surface area contributed by atoms with E-state index in [0.29, 0.717) is 23.8 Å². The molecule has 0 fully saturated rings. The molecule has 2 aromatic rings. The fraction of sp³-hybridized carbons (Fsp3) is 0.273. The van der Waals surface area contributed by atoms with Crippen LogP contribution in [0.2, 0.25) is 0 Å². The third-order valence-electron chi connectivity index (χ3n) is 2.10. The number of nitrogens with zero attached hydrogens (tertiary/aromatic N) is 2. The summed E-state index contributed by atoms with van der Waals surface area (Å²) in [6.07, 6.45) is 1.38. The molecule has 0 aliphatic heterocycles. The maximum absolute atomic E-state index is 13.4. The lowest BCUT2D eigenvalue weighted by Crippen LogP contribution is -1.85. The van der Waals surface area contributed by atoms with Crippen LogP contribution in [0.3, 0.4) is 0 Å². The second kappa shape index (κ2) is 5.07. The summed E-state index contributed by atoms with van der Waals surface area (Å²) in [5, 5.41) is 7.63. The maximum Gasteiger partial charge on any atom is 0.250 e. The van der Waals surface area contributed by atoms with Crippen LogP contribution in [0.1, 0.15) is 12.3 Å². The van der Waals surface area contributed by atoms with E-state index < -0.39 is 0 Å².